The highest BCUT2D eigenvalue weighted by Gasteiger charge is 2.30. The molecule has 0 saturated heterocycles. The Kier molecular flexibility index (Phi) is 5.34. The molecule has 2 N–H and O–H groups in total. The molecule has 146 valence electrons. The van der Waals surface area contributed by atoms with Crippen LogP contribution in [0, 0.1) is 6.92 Å². The third-order valence-electron chi connectivity index (χ3n) is 3.99. The van der Waals surface area contributed by atoms with Crippen LogP contribution in [0.15, 0.2) is 48.7 Å². The van der Waals surface area contributed by atoms with Crippen molar-refractivity contribution in [1.82, 2.24) is 20.1 Å². The Morgan fingerprint density at radius 1 is 1.18 bits per heavy atom. The minimum absolute atomic E-state index is 0.0646. The van der Waals surface area contributed by atoms with Crippen LogP contribution in [0.1, 0.15) is 17.0 Å². The van der Waals surface area contributed by atoms with E-state index >= 15 is 0 Å². The zero-order valence-corrected chi connectivity index (χ0v) is 15.2. The molecule has 0 aliphatic rings. The Morgan fingerprint density at radius 3 is 2.64 bits per heavy atom. The number of aromatic nitrogens is 3. The van der Waals surface area contributed by atoms with E-state index in [4.69, 9.17) is 0 Å². The van der Waals surface area contributed by atoms with E-state index in [-0.39, 0.29) is 18.0 Å². The van der Waals surface area contributed by atoms with Gasteiger partial charge in [0.2, 0.25) is 5.91 Å². The Bertz CT molecular complexity index is 997. The third kappa shape index (κ3) is 4.48. The zero-order valence-electron chi connectivity index (χ0n) is 15.2. The van der Waals surface area contributed by atoms with Gasteiger partial charge in [-0.05, 0) is 37.3 Å². The van der Waals surface area contributed by atoms with Gasteiger partial charge in [-0.3, -0.25) is 9.78 Å². The van der Waals surface area contributed by atoms with Crippen molar-refractivity contribution in [1.29, 1.82) is 0 Å². The van der Waals surface area contributed by atoms with Crippen molar-refractivity contribution >= 4 is 17.4 Å². The lowest BCUT2D eigenvalue weighted by Crippen LogP contribution is -2.21. The van der Waals surface area contributed by atoms with E-state index in [2.05, 4.69) is 20.7 Å². The molecule has 0 radical (unpaired) electrons. The second kappa shape index (κ2) is 7.71. The third-order valence-corrected chi connectivity index (χ3v) is 3.99. The van der Waals surface area contributed by atoms with Crippen molar-refractivity contribution < 1.29 is 18.0 Å². The lowest BCUT2D eigenvalue weighted by molar-refractivity contribution is -0.137. The van der Waals surface area contributed by atoms with E-state index in [1.54, 1.807) is 29.1 Å². The van der Waals surface area contributed by atoms with Crippen LogP contribution in [0.5, 0.6) is 0 Å². The number of hydrogen-bond acceptors (Lipinski definition) is 4. The average Bonchev–Trinajstić information content (AvgIpc) is 3.03. The van der Waals surface area contributed by atoms with Gasteiger partial charge in [-0.15, -0.1) is 5.10 Å². The van der Waals surface area contributed by atoms with Crippen LogP contribution >= 0.6 is 0 Å². The van der Waals surface area contributed by atoms with Crippen molar-refractivity contribution in [2.45, 2.75) is 19.5 Å². The number of carbonyl (C=O) groups is 1. The zero-order chi connectivity index (χ0) is 20.3. The van der Waals surface area contributed by atoms with Gasteiger partial charge in [0.25, 0.3) is 0 Å². The molecule has 28 heavy (non-hydrogen) atoms. The molecule has 3 aromatic rings. The van der Waals surface area contributed by atoms with E-state index in [0.717, 1.165) is 17.8 Å². The number of amides is 1. The molecule has 2 aromatic heterocycles. The van der Waals surface area contributed by atoms with Gasteiger partial charge in [-0.2, -0.15) is 13.2 Å². The first-order valence-electron chi connectivity index (χ1n) is 8.43. The maximum absolute atomic E-state index is 12.9. The first kappa shape index (κ1) is 19.4. The van der Waals surface area contributed by atoms with Gasteiger partial charge < -0.3 is 10.6 Å². The first-order chi connectivity index (χ1) is 13.3. The summed E-state index contributed by atoms with van der Waals surface area (Å²) < 4.78 is 40.3. The number of hydrogen-bond donors (Lipinski definition) is 2. The number of anilines is 2. The van der Waals surface area contributed by atoms with E-state index in [1.165, 1.54) is 19.2 Å². The molecule has 0 fully saturated rings. The van der Waals surface area contributed by atoms with Crippen LogP contribution < -0.4 is 10.6 Å². The maximum atomic E-state index is 12.9. The summed E-state index contributed by atoms with van der Waals surface area (Å²) in [6.07, 6.45) is -2.75. The molecule has 1 aromatic carbocycles. The van der Waals surface area contributed by atoms with Gasteiger partial charge in [0, 0.05) is 30.7 Å². The van der Waals surface area contributed by atoms with E-state index in [0.29, 0.717) is 17.2 Å². The van der Waals surface area contributed by atoms with Crippen molar-refractivity contribution in [3.63, 3.8) is 0 Å². The van der Waals surface area contributed by atoms with Gasteiger partial charge in [-0.25, -0.2) is 4.68 Å². The SMILES string of the molecule is CNC(=O)Cc1cc(Nc2cccc(C(F)(F)F)c2)nn1-c1ccnc(C)c1. The van der Waals surface area contributed by atoms with Crippen molar-refractivity contribution in [2.75, 3.05) is 12.4 Å². The van der Waals surface area contributed by atoms with Gasteiger partial charge in [-0.1, -0.05) is 6.07 Å². The largest absolute Gasteiger partial charge is 0.416 e. The van der Waals surface area contributed by atoms with Crippen LogP contribution in [0.4, 0.5) is 24.7 Å². The molecule has 0 spiro atoms. The number of nitrogens with zero attached hydrogens (tertiary/aromatic N) is 3. The van der Waals surface area contributed by atoms with Gasteiger partial charge >= 0.3 is 6.18 Å². The summed E-state index contributed by atoms with van der Waals surface area (Å²) in [7, 11) is 1.53. The highest BCUT2D eigenvalue weighted by atomic mass is 19.4. The summed E-state index contributed by atoms with van der Waals surface area (Å²) in [4.78, 5) is 16.0. The van der Waals surface area contributed by atoms with Crippen LogP contribution in [0.2, 0.25) is 0 Å². The fraction of sp³-hybridized carbons (Fsp3) is 0.211. The molecule has 2 heterocycles. The number of benzene rings is 1. The Balaban J connectivity index is 1.96. The molecule has 0 bridgehead atoms. The summed E-state index contributed by atoms with van der Waals surface area (Å²) in [5, 5.41) is 9.83. The lowest BCUT2D eigenvalue weighted by atomic mass is 10.2. The number of likely N-dealkylation sites (N-methyl/N-ethyl adjacent to an activating group) is 1. The van der Waals surface area contributed by atoms with Crippen LogP contribution in [-0.2, 0) is 17.4 Å². The van der Waals surface area contributed by atoms with E-state index < -0.39 is 11.7 Å². The number of halogens is 3. The topological polar surface area (TPSA) is 71.8 Å². The fourth-order valence-corrected chi connectivity index (χ4v) is 2.67. The number of alkyl halides is 3. The molecule has 3 rings (SSSR count). The van der Waals surface area contributed by atoms with Gasteiger partial charge in [0.05, 0.1) is 23.4 Å². The predicted molar refractivity (Wildman–Crippen MR) is 98.6 cm³/mol. The summed E-state index contributed by atoms with van der Waals surface area (Å²) in [6, 6.07) is 10.0. The molecular formula is C19H18F3N5O. The second-order valence-corrected chi connectivity index (χ2v) is 6.14. The highest BCUT2D eigenvalue weighted by molar-refractivity contribution is 5.78. The predicted octanol–water partition coefficient (Wildman–Crippen LogP) is 3.63. The van der Waals surface area contributed by atoms with Gasteiger partial charge in [0.15, 0.2) is 5.82 Å². The van der Waals surface area contributed by atoms with E-state index in [9.17, 15) is 18.0 Å². The standard InChI is InChI=1S/C19H18F3N5O/c1-12-8-15(6-7-24-12)27-16(11-18(28)23-2)10-17(26-27)25-14-5-3-4-13(9-14)19(20,21)22/h3-10H,11H2,1-2H3,(H,23,28)(H,25,26). The molecule has 6 nitrogen and oxygen atoms in total. The summed E-state index contributed by atoms with van der Waals surface area (Å²) >= 11 is 0. The molecule has 0 atom stereocenters. The maximum Gasteiger partial charge on any atom is 0.416 e. The molecule has 9 heteroatoms. The summed E-state index contributed by atoms with van der Waals surface area (Å²) in [5.74, 6) is 0.116. The van der Waals surface area contributed by atoms with Crippen LogP contribution in [-0.4, -0.2) is 27.7 Å². The van der Waals surface area contributed by atoms with Crippen molar-refractivity contribution in [3.8, 4) is 5.69 Å². The Labute approximate surface area is 159 Å². The normalized spacial score (nSPS) is 11.3. The molecule has 0 aliphatic heterocycles. The number of pyridine rings is 1. The number of aryl methyl sites for hydroxylation is 1. The quantitative estimate of drug-likeness (QED) is 0.699. The van der Waals surface area contributed by atoms with Crippen LogP contribution in [0.25, 0.3) is 5.69 Å². The molecule has 0 saturated carbocycles. The first-order valence-corrected chi connectivity index (χ1v) is 8.43. The molecule has 0 unspecified atom stereocenters. The molecular weight excluding hydrogens is 371 g/mol. The fourth-order valence-electron chi connectivity index (χ4n) is 2.67. The monoisotopic (exact) mass is 389 g/mol. The number of rotatable bonds is 5. The number of nitrogens with one attached hydrogen (secondary N) is 2. The highest BCUT2D eigenvalue weighted by Crippen LogP contribution is 2.31. The Morgan fingerprint density at radius 2 is 1.96 bits per heavy atom. The minimum Gasteiger partial charge on any atom is -0.359 e. The lowest BCUT2D eigenvalue weighted by Gasteiger charge is -2.09. The average molecular weight is 389 g/mol. The summed E-state index contributed by atoms with van der Waals surface area (Å²) in [5.41, 5.74) is 1.54. The Hall–Kier alpha value is -3.36. The van der Waals surface area contributed by atoms with Crippen molar-refractivity contribution in [2.24, 2.45) is 0 Å². The smallest absolute Gasteiger partial charge is 0.359 e. The molecule has 0 aliphatic carbocycles. The minimum atomic E-state index is -4.43. The molecule has 1 amide bonds. The van der Waals surface area contributed by atoms with E-state index in [1.807, 2.05) is 6.92 Å². The summed E-state index contributed by atoms with van der Waals surface area (Å²) in [6.45, 7) is 1.83. The van der Waals surface area contributed by atoms with Gasteiger partial charge in [0.1, 0.15) is 0 Å². The second-order valence-electron chi connectivity index (χ2n) is 6.14. The van der Waals surface area contributed by atoms with Crippen LogP contribution in [0.3, 0.4) is 0 Å². The van der Waals surface area contributed by atoms with Crippen molar-refractivity contribution in [3.05, 3.63) is 65.6 Å². The number of carbonyl (C=O) groups excluding carboxylic acids is 1.